The summed E-state index contributed by atoms with van der Waals surface area (Å²) in [5.74, 6) is 0.0696. The number of hydrogen-bond donors (Lipinski definition) is 2. The number of phenols is 1. The van der Waals surface area contributed by atoms with Crippen LogP contribution in [0.15, 0.2) is 42.5 Å². The molecule has 2 rings (SSSR count). The van der Waals surface area contributed by atoms with Gasteiger partial charge in [-0.3, -0.25) is 4.79 Å². The monoisotopic (exact) mass is 257 g/mol. The van der Waals surface area contributed by atoms with Crippen molar-refractivity contribution < 1.29 is 14.6 Å². The molecule has 0 unspecified atom stereocenters. The summed E-state index contributed by atoms with van der Waals surface area (Å²) < 4.78 is 5.04. The van der Waals surface area contributed by atoms with E-state index in [1.54, 1.807) is 12.1 Å². The van der Waals surface area contributed by atoms with Crippen LogP contribution in [0.1, 0.15) is 15.9 Å². The molecule has 0 spiro atoms. The third-order valence-corrected chi connectivity index (χ3v) is 2.72. The molecule has 0 aliphatic rings. The summed E-state index contributed by atoms with van der Waals surface area (Å²) in [5.41, 5.74) is 1.92. The summed E-state index contributed by atoms with van der Waals surface area (Å²) in [5, 5.41) is 12.5. The minimum atomic E-state index is -0.373. The lowest BCUT2D eigenvalue weighted by molar-refractivity contribution is 0.102. The van der Waals surface area contributed by atoms with Crippen molar-refractivity contribution in [2.24, 2.45) is 0 Å². The average Bonchev–Trinajstić information content (AvgIpc) is 2.39. The van der Waals surface area contributed by atoms with E-state index in [4.69, 9.17) is 4.74 Å². The molecule has 0 saturated carbocycles. The summed E-state index contributed by atoms with van der Waals surface area (Å²) in [6.07, 6.45) is 0. The normalized spacial score (nSPS) is 10.0. The van der Waals surface area contributed by atoms with Crippen molar-refractivity contribution in [3.63, 3.8) is 0 Å². The van der Waals surface area contributed by atoms with Gasteiger partial charge in [0.25, 0.3) is 5.91 Å². The summed E-state index contributed by atoms with van der Waals surface area (Å²) >= 11 is 0. The maximum absolute atomic E-state index is 12.1. The van der Waals surface area contributed by atoms with Crippen LogP contribution in [-0.2, 0) is 0 Å². The standard InChI is InChI=1S/C15H15NO3/c1-10-4-3-5-11(8-10)16-15(18)13-9-12(19-2)6-7-14(13)17/h3-9,17H,1-2H3,(H,16,18). The molecule has 0 heterocycles. The van der Waals surface area contributed by atoms with Crippen LogP contribution in [0.25, 0.3) is 0 Å². The van der Waals surface area contributed by atoms with Gasteiger partial charge >= 0.3 is 0 Å². The minimum Gasteiger partial charge on any atom is -0.507 e. The Hall–Kier alpha value is -2.49. The van der Waals surface area contributed by atoms with Crippen LogP contribution in [0, 0.1) is 6.92 Å². The largest absolute Gasteiger partial charge is 0.507 e. The van der Waals surface area contributed by atoms with Crippen LogP contribution in [0.2, 0.25) is 0 Å². The molecule has 0 fully saturated rings. The number of rotatable bonds is 3. The number of aryl methyl sites for hydroxylation is 1. The lowest BCUT2D eigenvalue weighted by atomic mass is 10.1. The van der Waals surface area contributed by atoms with Crippen LogP contribution < -0.4 is 10.1 Å². The van der Waals surface area contributed by atoms with E-state index in [9.17, 15) is 9.90 Å². The van der Waals surface area contributed by atoms with Gasteiger partial charge in [0.1, 0.15) is 11.5 Å². The fourth-order valence-electron chi connectivity index (χ4n) is 1.75. The van der Waals surface area contributed by atoms with Crippen molar-refractivity contribution in [3.8, 4) is 11.5 Å². The Bertz CT molecular complexity index is 608. The molecule has 2 aromatic carbocycles. The Balaban J connectivity index is 2.25. The second-order valence-corrected chi connectivity index (χ2v) is 4.21. The maximum atomic E-state index is 12.1. The summed E-state index contributed by atoms with van der Waals surface area (Å²) in [7, 11) is 1.51. The summed E-state index contributed by atoms with van der Waals surface area (Å²) in [4.78, 5) is 12.1. The number of phenolic OH excluding ortho intramolecular Hbond substituents is 1. The molecular weight excluding hydrogens is 242 g/mol. The molecule has 4 heteroatoms. The molecule has 0 atom stereocenters. The first-order valence-corrected chi connectivity index (χ1v) is 5.85. The van der Waals surface area contributed by atoms with Crippen molar-refractivity contribution in [2.45, 2.75) is 6.92 Å². The van der Waals surface area contributed by atoms with Crippen molar-refractivity contribution in [2.75, 3.05) is 12.4 Å². The third-order valence-electron chi connectivity index (χ3n) is 2.72. The van der Waals surface area contributed by atoms with Gasteiger partial charge in [0.05, 0.1) is 12.7 Å². The zero-order valence-corrected chi connectivity index (χ0v) is 10.8. The second-order valence-electron chi connectivity index (χ2n) is 4.21. The van der Waals surface area contributed by atoms with Gasteiger partial charge in [-0.2, -0.15) is 0 Å². The van der Waals surface area contributed by atoms with E-state index in [0.717, 1.165) is 5.56 Å². The molecule has 19 heavy (non-hydrogen) atoms. The smallest absolute Gasteiger partial charge is 0.259 e. The van der Waals surface area contributed by atoms with Gasteiger partial charge in [0, 0.05) is 5.69 Å². The zero-order chi connectivity index (χ0) is 13.8. The first kappa shape index (κ1) is 13.0. The van der Waals surface area contributed by atoms with Crippen LogP contribution >= 0.6 is 0 Å². The Kier molecular flexibility index (Phi) is 3.71. The fourth-order valence-corrected chi connectivity index (χ4v) is 1.75. The minimum absolute atomic E-state index is 0.0778. The molecule has 2 aromatic rings. The Morgan fingerprint density at radius 2 is 2.00 bits per heavy atom. The zero-order valence-electron chi connectivity index (χ0n) is 10.8. The van der Waals surface area contributed by atoms with Gasteiger partial charge in [-0.1, -0.05) is 12.1 Å². The molecule has 1 amide bonds. The summed E-state index contributed by atoms with van der Waals surface area (Å²) in [6, 6.07) is 12.0. The average molecular weight is 257 g/mol. The molecule has 0 aromatic heterocycles. The van der Waals surface area contributed by atoms with Crippen LogP contribution in [0.5, 0.6) is 11.5 Å². The van der Waals surface area contributed by atoms with E-state index in [2.05, 4.69) is 5.32 Å². The van der Waals surface area contributed by atoms with Crippen LogP contribution in [-0.4, -0.2) is 18.1 Å². The number of anilines is 1. The number of benzene rings is 2. The van der Waals surface area contributed by atoms with Gasteiger partial charge in [0.15, 0.2) is 0 Å². The highest BCUT2D eigenvalue weighted by Gasteiger charge is 2.12. The van der Waals surface area contributed by atoms with E-state index >= 15 is 0 Å². The predicted molar refractivity (Wildman–Crippen MR) is 73.8 cm³/mol. The molecule has 4 nitrogen and oxygen atoms in total. The van der Waals surface area contributed by atoms with Gasteiger partial charge in [0.2, 0.25) is 0 Å². The Morgan fingerprint density at radius 1 is 1.21 bits per heavy atom. The number of ether oxygens (including phenoxy) is 1. The highest BCUT2D eigenvalue weighted by molar-refractivity contribution is 6.06. The second kappa shape index (κ2) is 5.44. The molecule has 0 bridgehead atoms. The molecular formula is C15H15NO3. The number of hydrogen-bond acceptors (Lipinski definition) is 3. The van der Waals surface area contributed by atoms with Crippen molar-refractivity contribution in [1.29, 1.82) is 0 Å². The fraction of sp³-hybridized carbons (Fsp3) is 0.133. The number of carbonyl (C=O) groups excluding carboxylic acids is 1. The van der Waals surface area contributed by atoms with Crippen LogP contribution in [0.3, 0.4) is 0 Å². The van der Waals surface area contributed by atoms with Crippen LogP contribution in [0.4, 0.5) is 5.69 Å². The number of nitrogens with one attached hydrogen (secondary N) is 1. The summed E-state index contributed by atoms with van der Waals surface area (Å²) in [6.45, 7) is 1.94. The molecule has 0 aliphatic carbocycles. The lowest BCUT2D eigenvalue weighted by Crippen LogP contribution is -2.12. The number of methoxy groups -OCH3 is 1. The molecule has 2 N–H and O–H groups in total. The van der Waals surface area contributed by atoms with E-state index in [0.29, 0.717) is 11.4 Å². The van der Waals surface area contributed by atoms with E-state index < -0.39 is 0 Å². The topological polar surface area (TPSA) is 58.6 Å². The Morgan fingerprint density at radius 3 is 2.68 bits per heavy atom. The SMILES string of the molecule is COc1ccc(O)c(C(=O)Nc2cccc(C)c2)c1. The first-order valence-electron chi connectivity index (χ1n) is 5.85. The molecule has 0 radical (unpaired) electrons. The third kappa shape index (κ3) is 3.04. The van der Waals surface area contributed by atoms with E-state index in [-0.39, 0.29) is 17.2 Å². The van der Waals surface area contributed by atoms with Crippen molar-refractivity contribution in [3.05, 3.63) is 53.6 Å². The Labute approximate surface area is 111 Å². The van der Waals surface area contributed by atoms with Crippen molar-refractivity contribution >= 4 is 11.6 Å². The lowest BCUT2D eigenvalue weighted by Gasteiger charge is -2.09. The highest BCUT2D eigenvalue weighted by Crippen LogP contribution is 2.24. The predicted octanol–water partition coefficient (Wildman–Crippen LogP) is 2.96. The van der Waals surface area contributed by atoms with Gasteiger partial charge in [-0.05, 0) is 42.8 Å². The molecule has 0 aliphatic heterocycles. The van der Waals surface area contributed by atoms with Gasteiger partial charge in [-0.15, -0.1) is 0 Å². The van der Waals surface area contributed by atoms with Crippen molar-refractivity contribution in [1.82, 2.24) is 0 Å². The quantitative estimate of drug-likeness (QED) is 0.888. The van der Waals surface area contributed by atoms with Gasteiger partial charge in [-0.25, -0.2) is 0 Å². The number of carbonyl (C=O) groups is 1. The molecule has 0 saturated heterocycles. The maximum Gasteiger partial charge on any atom is 0.259 e. The van der Waals surface area contributed by atoms with Gasteiger partial charge < -0.3 is 15.2 Å². The van der Waals surface area contributed by atoms with E-state index in [1.807, 2.05) is 25.1 Å². The first-order chi connectivity index (χ1) is 9.10. The number of aromatic hydroxyl groups is 1. The highest BCUT2D eigenvalue weighted by atomic mass is 16.5. The molecule has 98 valence electrons. The van der Waals surface area contributed by atoms with E-state index in [1.165, 1.54) is 19.2 Å². The number of amides is 1.